The van der Waals surface area contributed by atoms with Gasteiger partial charge in [0.05, 0.1) is 11.0 Å². The number of benzene rings is 1. The van der Waals surface area contributed by atoms with Gasteiger partial charge in [0.15, 0.2) is 0 Å². The quantitative estimate of drug-likeness (QED) is 0.606. The van der Waals surface area contributed by atoms with Crippen molar-refractivity contribution in [1.29, 1.82) is 0 Å². The maximum absolute atomic E-state index is 11.7. The molecular weight excluding hydrogens is 384 g/mol. The number of imidazole rings is 1. The van der Waals surface area contributed by atoms with Crippen LogP contribution in [0.25, 0.3) is 22.2 Å². The van der Waals surface area contributed by atoms with Crippen molar-refractivity contribution in [3.05, 3.63) is 30.6 Å². The number of carbonyl (C=O) groups excluding carboxylic acids is 2. The molecule has 10 nitrogen and oxygen atoms in total. The largest absolute Gasteiger partial charge is 0.339 e. The monoisotopic (exact) mass is 408 g/mol. The predicted octanol–water partition coefficient (Wildman–Crippen LogP) is 1.83. The number of rotatable bonds is 4. The summed E-state index contributed by atoms with van der Waals surface area (Å²) >= 11 is 0. The van der Waals surface area contributed by atoms with Gasteiger partial charge in [-0.2, -0.15) is 0 Å². The fourth-order valence-electron chi connectivity index (χ4n) is 3.42. The van der Waals surface area contributed by atoms with Crippen LogP contribution in [0.1, 0.15) is 13.8 Å². The summed E-state index contributed by atoms with van der Waals surface area (Å²) < 4.78 is 0. The van der Waals surface area contributed by atoms with E-state index in [0.717, 1.165) is 35.2 Å². The molecule has 1 fully saturated rings. The summed E-state index contributed by atoms with van der Waals surface area (Å²) in [7, 11) is 0. The van der Waals surface area contributed by atoms with E-state index in [1.54, 1.807) is 19.3 Å². The van der Waals surface area contributed by atoms with Gasteiger partial charge in [-0.3, -0.25) is 10.1 Å². The van der Waals surface area contributed by atoms with Crippen LogP contribution < -0.4 is 15.5 Å². The van der Waals surface area contributed by atoms with Gasteiger partial charge in [-0.25, -0.2) is 19.7 Å². The van der Waals surface area contributed by atoms with Gasteiger partial charge < -0.3 is 20.1 Å². The van der Waals surface area contributed by atoms with Gasteiger partial charge in [-0.1, -0.05) is 6.07 Å². The molecule has 1 aliphatic rings. The molecule has 3 heterocycles. The zero-order valence-corrected chi connectivity index (χ0v) is 17.0. The minimum absolute atomic E-state index is 0.101. The van der Waals surface area contributed by atoms with Crippen LogP contribution in [-0.2, 0) is 4.79 Å². The van der Waals surface area contributed by atoms with Crippen molar-refractivity contribution in [1.82, 2.24) is 30.2 Å². The fraction of sp³-hybridized carbons (Fsp3) is 0.350. The lowest BCUT2D eigenvalue weighted by molar-refractivity contribution is -0.129. The Labute approximate surface area is 173 Å². The Morgan fingerprint density at radius 3 is 2.50 bits per heavy atom. The lowest BCUT2D eigenvalue weighted by Crippen LogP contribution is -2.48. The van der Waals surface area contributed by atoms with Gasteiger partial charge >= 0.3 is 6.03 Å². The second-order valence-electron chi connectivity index (χ2n) is 7.07. The van der Waals surface area contributed by atoms with E-state index in [1.807, 2.05) is 30.0 Å². The number of nitrogens with one attached hydrogen (secondary N) is 3. The average molecular weight is 408 g/mol. The summed E-state index contributed by atoms with van der Waals surface area (Å²) in [4.78, 5) is 43.6. The number of nitrogens with zero attached hydrogens (tertiary/aromatic N) is 5. The van der Waals surface area contributed by atoms with Gasteiger partial charge in [0.25, 0.3) is 0 Å². The topological polar surface area (TPSA) is 119 Å². The maximum atomic E-state index is 11.7. The first-order chi connectivity index (χ1) is 14.5. The third-order valence-electron chi connectivity index (χ3n) is 5.03. The molecular formula is C20H24N8O2. The van der Waals surface area contributed by atoms with Crippen LogP contribution in [0.15, 0.2) is 30.6 Å². The number of aromatic nitrogens is 4. The van der Waals surface area contributed by atoms with E-state index in [0.29, 0.717) is 31.5 Å². The summed E-state index contributed by atoms with van der Waals surface area (Å²) in [6.07, 6.45) is 3.59. The van der Waals surface area contributed by atoms with Crippen LogP contribution in [0, 0.1) is 0 Å². The standard InChI is InChI=1S/C20H24N8O2/c1-3-21-20(30)26-18-24-16-5-4-14(10-17(16)25-18)15-11-22-19(23-12-15)28-8-6-27(7-9-28)13(2)29/h4-5,10-12H,3,6-9H2,1-2H3,(H3,21,24,25,26,30). The van der Waals surface area contributed by atoms with Crippen molar-refractivity contribution >= 4 is 34.9 Å². The molecule has 2 aromatic heterocycles. The second-order valence-corrected chi connectivity index (χ2v) is 7.07. The zero-order valence-electron chi connectivity index (χ0n) is 17.0. The normalized spacial score (nSPS) is 14.1. The van der Waals surface area contributed by atoms with Crippen molar-refractivity contribution in [2.75, 3.05) is 42.9 Å². The summed E-state index contributed by atoms with van der Waals surface area (Å²) in [5, 5.41) is 5.34. The third-order valence-corrected chi connectivity index (χ3v) is 5.03. The number of hydrogen-bond donors (Lipinski definition) is 3. The first kappa shape index (κ1) is 19.6. The van der Waals surface area contributed by atoms with Gasteiger partial charge in [-0.05, 0) is 24.6 Å². The highest BCUT2D eigenvalue weighted by atomic mass is 16.2. The Morgan fingerprint density at radius 1 is 1.10 bits per heavy atom. The molecule has 1 saturated heterocycles. The van der Waals surface area contributed by atoms with Crippen molar-refractivity contribution in [3.63, 3.8) is 0 Å². The number of H-pyrrole nitrogens is 1. The molecule has 0 radical (unpaired) electrons. The number of piperazine rings is 1. The Kier molecular flexibility index (Phi) is 5.46. The van der Waals surface area contributed by atoms with Crippen LogP contribution in [0.4, 0.5) is 16.7 Å². The molecule has 3 N–H and O–H groups in total. The summed E-state index contributed by atoms with van der Waals surface area (Å²) in [6.45, 7) is 6.80. The molecule has 0 atom stereocenters. The Bertz CT molecular complexity index is 1050. The van der Waals surface area contributed by atoms with Gasteiger partial charge in [0.2, 0.25) is 17.8 Å². The van der Waals surface area contributed by atoms with E-state index in [-0.39, 0.29) is 11.9 Å². The molecule has 0 bridgehead atoms. The van der Waals surface area contributed by atoms with Crippen molar-refractivity contribution in [3.8, 4) is 11.1 Å². The first-order valence-electron chi connectivity index (χ1n) is 9.91. The highest BCUT2D eigenvalue weighted by Crippen LogP contribution is 2.24. The van der Waals surface area contributed by atoms with Crippen LogP contribution in [0.2, 0.25) is 0 Å². The molecule has 1 aliphatic heterocycles. The molecule has 0 saturated carbocycles. The number of hydrogen-bond acceptors (Lipinski definition) is 6. The lowest BCUT2D eigenvalue weighted by Gasteiger charge is -2.34. The lowest BCUT2D eigenvalue weighted by atomic mass is 10.1. The highest BCUT2D eigenvalue weighted by molar-refractivity contribution is 5.90. The summed E-state index contributed by atoms with van der Waals surface area (Å²) in [5.74, 6) is 1.16. The van der Waals surface area contributed by atoms with Gasteiger partial charge in [-0.15, -0.1) is 0 Å². The molecule has 3 amide bonds. The Morgan fingerprint density at radius 2 is 1.83 bits per heavy atom. The van der Waals surface area contributed by atoms with E-state index < -0.39 is 0 Å². The van der Waals surface area contributed by atoms with E-state index in [9.17, 15) is 9.59 Å². The summed E-state index contributed by atoms with van der Waals surface area (Å²) in [6, 6.07) is 5.49. The van der Waals surface area contributed by atoms with Crippen molar-refractivity contribution in [2.45, 2.75) is 13.8 Å². The van der Waals surface area contributed by atoms with Crippen LogP contribution in [0.5, 0.6) is 0 Å². The van der Waals surface area contributed by atoms with E-state index in [4.69, 9.17) is 0 Å². The number of aromatic amines is 1. The minimum atomic E-state index is -0.301. The third kappa shape index (κ3) is 4.17. The molecule has 4 rings (SSSR count). The van der Waals surface area contributed by atoms with Crippen molar-refractivity contribution < 1.29 is 9.59 Å². The predicted molar refractivity (Wildman–Crippen MR) is 114 cm³/mol. The molecule has 1 aromatic carbocycles. The molecule has 0 aliphatic carbocycles. The van der Waals surface area contributed by atoms with Crippen LogP contribution >= 0.6 is 0 Å². The molecule has 10 heteroatoms. The average Bonchev–Trinajstić information content (AvgIpc) is 3.15. The Hall–Kier alpha value is -3.69. The van der Waals surface area contributed by atoms with Crippen molar-refractivity contribution in [2.24, 2.45) is 0 Å². The number of urea groups is 1. The van der Waals surface area contributed by atoms with Crippen LogP contribution in [0.3, 0.4) is 0 Å². The minimum Gasteiger partial charge on any atom is -0.339 e. The fourth-order valence-corrected chi connectivity index (χ4v) is 3.42. The van der Waals surface area contributed by atoms with E-state index in [1.165, 1.54) is 0 Å². The number of amides is 3. The van der Waals surface area contributed by atoms with Crippen LogP contribution in [-0.4, -0.2) is 69.5 Å². The summed E-state index contributed by atoms with van der Waals surface area (Å²) in [5.41, 5.74) is 3.40. The second kappa shape index (κ2) is 8.36. The van der Waals surface area contributed by atoms with E-state index in [2.05, 4.69) is 35.5 Å². The van der Waals surface area contributed by atoms with E-state index >= 15 is 0 Å². The first-order valence-corrected chi connectivity index (χ1v) is 9.91. The van der Waals surface area contributed by atoms with Gasteiger partial charge in [0, 0.05) is 57.6 Å². The molecule has 0 spiro atoms. The maximum Gasteiger partial charge on any atom is 0.321 e. The Balaban J connectivity index is 1.47. The highest BCUT2D eigenvalue weighted by Gasteiger charge is 2.20. The van der Waals surface area contributed by atoms with Gasteiger partial charge in [0.1, 0.15) is 0 Å². The zero-order chi connectivity index (χ0) is 21.1. The number of carbonyl (C=O) groups is 2. The SMILES string of the molecule is CCNC(=O)Nc1nc2ccc(-c3cnc(N4CCN(C(C)=O)CC4)nc3)cc2[nH]1. The molecule has 156 valence electrons. The smallest absolute Gasteiger partial charge is 0.321 e. The molecule has 0 unspecified atom stereocenters. The number of anilines is 2. The molecule has 3 aromatic rings. The number of fused-ring (bicyclic) bond motifs is 1. The molecule has 30 heavy (non-hydrogen) atoms.